The minimum Gasteiger partial charge on any atom is -0.378 e. The SMILES string of the molecule is O=C(C(Cc1ccccc1)NS(=O)(=O)c1ccccc1F)N1CCOCC1. The van der Waals surface area contributed by atoms with Crippen LogP contribution in [0, 0.1) is 5.82 Å². The summed E-state index contributed by atoms with van der Waals surface area (Å²) in [6.07, 6.45) is 0.171. The standard InChI is InChI=1S/C19H21FN2O4S/c20-16-8-4-5-9-18(16)27(24,25)21-17(14-15-6-2-1-3-7-15)19(23)22-10-12-26-13-11-22/h1-9,17,21H,10-14H2. The van der Waals surface area contributed by atoms with E-state index in [2.05, 4.69) is 4.72 Å². The second-order valence-corrected chi connectivity index (χ2v) is 7.91. The molecule has 2 aromatic carbocycles. The van der Waals surface area contributed by atoms with Crippen molar-refractivity contribution >= 4 is 15.9 Å². The molecule has 0 bridgehead atoms. The summed E-state index contributed by atoms with van der Waals surface area (Å²) in [5.41, 5.74) is 0.806. The highest BCUT2D eigenvalue weighted by molar-refractivity contribution is 7.89. The zero-order valence-electron chi connectivity index (χ0n) is 14.7. The van der Waals surface area contributed by atoms with Crippen molar-refractivity contribution in [1.82, 2.24) is 9.62 Å². The summed E-state index contributed by atoms with van der Waals surface area (Å²) < 4.78 is 47.0. The minimum absolute atomic E-state index is 0.171. The molecule has 1 heterocycles. The molecular weight excluding hydrogens is 371 g/mol. The topological polar surface area (TPSA) is 75.7 Å². The van der Waals surface area contributed by atoms with Gasteiger partial charge in [0.1, 0.15) is 16.8 Å². The van der Waals surface area contributed by atoms with E-state index in [0.29, 0.717) is 26.3 Å². The highest BCUT2D eigenvalue weighted by Gasteiger charge is 2.31. The van der Waals surface area contributed by atoms with Gasteiger partial charge in [0.05, 0.1) is 13.2 Å². The first-order valence-corrected chi connectivity index (χ1v) is 10.1. The van der Waals surface area contributed by atoms with E-state index in [0.717, 1.165) is 11.6 Å². The van der Waals surface area contributed by atoms with Crippen molar-refractivity contribution in [3.63, 3.8) is 0 Å². The number of amides is 1. The van der Waals surface area contributed by atoms with Gasteiger partial charge in [-0.2, -0.15) is 4.72 Å². The van der Waals surface area contributed by atoms with E-state index in [1.165, 1.54) is 18.2 Å². The number of rotatable bonds is 6. The fourth-order valence-electron chi connectivity index (χ4n) is 2.95. The molecule has 6 nitrogen and oxygen atoms in total. The second-order valence-electron chi connectivity index (χ2n) is 6.23. The van der Waals surface area contributed by atoms with E-state index in [-0.39, 0.29) is 12.3 Å². The van der Waals surface area contributed by atoms with E-state index in [1.54, 1.807) is 4.90 Å². The molecule has 3 rings (SSSR count). The number of benzene rings is 2. The van der Waals surface area contributed by atoms with Gasteiger partial charge in [0.2, 0.25) is 15.9 Å². The third-order valence-corrected chi connectivity index (χ3v) is 5.83. The minimum atomic E-state index is -4.20. The van der Waals surface area contributed by atoms with Gasteiger partial charge in [-0.1, -0.05) is 42.5 Å². The third kappa shape index (κ3) is 4.91. The van der Waals surface area contributed by atoms with Crippen LogP contribution in [0.15, 0.2) is 59.5 Å². The van der Waals surface area contributed by atoms with Crippen molar-refractivity contribution in [3.8, 4) is 0 Å². The lowest BCUT2D eigenvalue weighted by molar-refractivity contribution is -0.137. The summed E-state index contributed by atoms with van der Waals surface area (Å²) in [6, 6.07) is 13.2. The largest absolute Gasteiger partial charge is 0.378 e. The Morgan fingerprint density at radius 3 is 2.37 bits per heavy atom. The van der Waals surface area contributed by atoms with Gasteiger partial charge in [-0.25, -0.2) is 12.8 Å². The van der Waals surface area contributed by atoms with Crippen LogP contribution in [0.5, 0.6) is 0 Å². The Kier molecular flexibility index (Phi) is 6.20. The van der Waals surface area contributed by atoms with Crippen LogP contribution in [0.3, 0.4) is 0 Å². The number of ether oxygens (including phenoxy) is 1. The molecule has 27 heavy (non-hydrogen) atoms. The highest BCUT2D eigenvalue weighted by atomic mass is 32.2. The molecule has 0 saturated carbocycles. The molecule has 0 aromatic heterocycles. The van der Waals surface area contributed by atoms with Crippen molar-refractivity contribution in [2.24, 2.45) is 0 Å². The van der Waals surface area contributed by atoms with Crippen molar-refractivity contribution in [3.05, 3.63) is 66.0 Å². The number of hydrogen-bond donors (Lipinski definition) is 1. The number of hydrogen-bond acceptors (Lipinski definition) is 4. The first kappa shape index (κ1) is 19.5. The molecular formula is C19H21FN2O4S. The van der Waals surface area contributed by atoms with Gasteiger partial charge in [-0.15, -0.1) is 0 Å². The molecule has 8 heteroatoms. The van der Waals surface area contributed by atoms with E-state index in [4.69, 9.17) is 4.74 Å². The predicted molar refractivity (Wildman–Crippen MR) is 98.1 cm³/mol. The van der Waals surface area contributed by atoms with Gasteiger partial charge < -0.3 is 9.64 Å². The van der Waals surface area contributed by atoms with Crippen LogP contribution < -0.4 is 4.72 Å². The first-order chi connectivity index (χ1) is 13.0. The Morgan fingerprint density at radius 1 is 1.07 bits per heavy atom. The predicted octanol–water partition coefficient (Wildman–Crippen LogP) is 1.57. The Bertz CT molecular complexity index is 884. The van der Waals surface area contributed by atoms with Crippen LogP contribution in [-0.4, -0.2) is 51.6 Å². The molecule has 144 valence electrons. The van der Waals surface area contributed by atoms with E-state index in [1.807, 2.05) is 30.3 Å². The number of morpholine rings is 1. The number of nitrogens with zero attached hydrogens (tertiary/aromatic N) is 1. The number of sulfonamides is 1. The Labute approximate surface area is 158 Å². The molecule has 1 N–H and O–H groups in total. The summed E-state index contributed by atoms with van der Waals surface area (Å²) in [5, 5.41) is 0. The average molecular weight is 392 g/mol. The van der Waals surface area contributed by atoms with E-state index >= 15 is 0 Å². The normalized spacial score (nSPS) is 16.1. The third-order valence-electron chi connectivity index (χ3n) is 4.33. The molecule has 1 aliphatic heterocycles. The monoisotopic (exact) mass is 392 g/mol. The molecule has 1 aliphatic rings. The van der Waals surface area contributed by atoms with Gasteiger partial charge in [0.25, 0.3) is 0 Å². The first-order valence-electron chi connectivity index (χ1n) is 8.65. The van der Waals surface area contributed by atoms with Crippen molar-refractivity contribution in [2.45, 2.75) is 17.4 Å². The molecule has 2 aromatic rings. The zero-order chi connectivity index (χ0) is 19.3. The fraction of sp³-hybridized carbons (Fsp3) is 0.316. The van der Waals surface area contributed by atoms with Crippen LogP contribution in [0.1, 0.15) is 5.56 Å². The lowest BCUT2D eigenvalue weighted by Crippen LogP contribution is -2.52. The number of carbonyl (C=O) groups excluding carboxylic acids is 1. The molecule has 1 unspecified atom stereocenters. The summed E-state index contributed by atoms with van der Waals surface area (Å²) >= 11 is 0. The van der Waals surface area contributed by atoms with Crippen molar-refractivity contribution < 1.29 is 22.3 Å². The lowest BCUT2D eigenvalue weighted by Gasteiger charge is -2.30. The second kappa shape index (κ2) is 8.60. The van der Waals surface area contributed by atoms with Gasteiger partial charge in [-0.05, 0) is 24.1 Å². The van der Waals surface area contributed by atoms with Gasteiger partial charge in [-0.3, -0.25) is 4.79 Å². The maximum atomic E-state index is 14.0. The molecule has 0 aliphatic carbocycles. The van der Waals surface area contributed by atoms with Gasteiger partial charge in [0, 0.05) is 13.1 Å². The molecule has 0 spiro atoms. The Morgan fingerprint density at radius 2 is 1.70 bits per heavy atom. The van der Waals surface area contributed by atoms with Gasteiger partial charge in [0.15, 0.2) is 0 Å². The lowest BCUT2D eigenvalue weighted by atomic mass is 10.1. The molecule has 1 fully saturated rings. The maximum Gasteiger partial charge on any atom is 0.244 e. The Balaban J connectivity index is 1.86. The Hall–Kier alpha value is -2.29. The van der Waals surface area contributed by atoms with Crippen LogP contribution in [0.4, 0.5) is 4.39 Å². The average Bonchev–Trinajstić information content (AvgIpc) is 2.68. The molecule has 1 amide bonds. The van der Waals surface area contributed by atoms with Gasteiger partial charge >= 0.3 is 0 Å². The summed E-state index contributed by atoms with van der Waals surface area (Å²) in [7, 11) is -4.20. The number of nitrogens with one attached hydrogen (secondary N) is 1. The molecule has 1 atom stereocenters. The van der Waals surface area contributed by atoms with Crippen LogP contribution in [0.25, 0.3) is 0 Å². The number of carbonyl (C=O) groups is 1. The van der Waals surface area contributed by atoms with Crippen LogP contribution >= 0.6 is 0 Å². The maximum absolute atomic E-state index is 14.0. The summed E-state index contributed by atoms with van der Waals surface area (Å²) in [6.45, 7) is 1.60. The van der Waals surface area contributed by atoms with E-state index < -0.39 is 26.8 Å². The smallest absolute Gasteiger partial charge is 0.244 e. The zero-order valence-corrected chi connectivity index (χ0v) is 15.5. The fourth-order valence-corrected chi connectivity index (χ4v) is 4.21. The van der Waals surface area contributed by atoms with Crippen LogP contribution in [0.2, 0.25) is 0 Å². The molecule has 1 saturated heterocycles. The highest BCUT2D eigenvalue weighted by Crippen LogP contribution is 2.16. The van der Waals surface area contributed by atoms with Crippen LogP contribution in [-0.2, 0) is 26.0 Å². The van der Waals surface area contributed by atoms with Crippen molar-refractivity contribution in [2.75, 3.05) is 26.3 Å². The quantitative estimate of drug-likeness (QED) is 0.810. The molecule has 0 radical (unpaired) electrons. The number of halogens is 1. The summed E-state index contributed by atoms with van der Waals surface area (Å²) in [5.74, 6) is -1.20. The van der Waals surface area contributed by atoms with Crippen molar-refractivity contribution in [1.29, 1.82) is 0 Å². The van der Waals surface area contributed by atoms with E-state index in [9.17, 15) is 17.6 Å². The summed E-state index contributed by atoms with van der Waals surface area (Å²) in [4.78, 5) is 14.0.